The van der Waals surface area contributed by atoms with E-state index < -0.39 is 15.9 Å². The molecule has 0 aliphatic heterocycles. The van der Waals surface area contributed by atoms with E-state index in [1.807, 2.05) is 54.0 Å². The van der Waals surface area contributed by atoms with Crippen LogP contribution in [-0.4, -0.2) is 37.4 Å². The summed E-state index contributed by atoms with van der Waals surface area (Å²) in [5, 5.41) is 0. The molecule has 0 atom stereocenters. The van der Waals surface area contributed by atoms with E-state index in [1.165, 1.54) is 39.9 Å². The number of carbonyl (C=O) groups excluding carboxylic acids is 1. The van der Waals surface area contributed by atoms with Crippen LogP contribution < -0.4 is 9.54 Å². The summed E-state index contributed by atoms with van der Waals surface area (Å²) in [7, 11) is -0.532. The number of ether oxygens (including phenoxy) is 1. The van der Waals surface area contributed by atoms with Gasteiger partial charge in [-0.15, -0.1) is 0 Å². The third-order valence-electron chi connectivity index (χ3n) is 5.91. The summed E-state index contributed by atoms with van der Waals surface area (Å²) in [6.07, 6.45) is 0.868. The smallest absolute Gasteiger partial charge is 0.279 e. The van der Waals surface area contributed by atoms with Crippen molar-refractivity contribution < 1.29 is 17.9 Å². The van der Waals surface area contributed by atoms with Gasteiger partial charge in [-0.3, -0.25) is 4.79 Å². The molecule has 0 aliphatic carbocycles. The zero-order valence-corrected chi connectivity index (χ0v) is 22.4. The first-order valence-corrected chi connectivity index (χ1v) is 13.9. The summed E-state index contributed by atoms with van der Waals surface area (Å²) in [4.78, 5) is 18.2. The molecule has 1 aromatic heterocycles. The molecule has 0 aliphatic rings. The third kappa shape index (κ3) is 5.13. The summed E-state index contributed by atoms with van der Waals surface area (Å²) in [6.45, 7) is 5.04. The minimum absolute atomic E-state index is 0.126. The van der Waals surface area contributed by atoms with Gasteiger partial charge in [0.15, 0.2) is 4.80 Å². The number of carbonyl (C=O) groups is 1. The van der Waals surface area contributed by atoms with E-state index in [0.29, 0.717) is 16.9 Å². The number of hydrogen-bond donors (Lipinski definition) is 0. The largest absolute Gasteiger partial charge is 0.495 e. The van der Waals surface area contributed by atoms with Crippen LogP contribution in [-0.2, 0) is 23.1 Å². The Morgan fingerprint density at radius 2 is 1.75 bits per heavy atom. The maximum Gasteiger partial charge on any atom is 0.279 e. The van der Waals surface area contributed by atoms with Gasteiger partial charge in [0, 0.05) is 25.7 Å². The van der Waals surface area contributed by atoms with Crippen LogP contribution in [0.25, 0.3) is 10.2 Å². The molecule has 188 valence electrons. The molecular weight excluding hydrogens is 494 g/mol. The van der Waals surface area contributed by atoms with Gasteiger partial charge in [0.25, 0.3) is 5.91 Å². The molecular formula is C27H29N3O4S2. The van der Waals surface area contributed by atoms with Gasteiger partial charge in [-0.05, 0) is 54.8 Å². The molecule has 0 radical (unpaired) electrons. The number of nitrogens with zero attached hydrogens (tertiary/aromatic N) is 3. The summed E-state index contributed by atoms with van der Waals surface area (Å²) in [5.41, 5.74) is 3.23. The highest BCUT2D eigenvalue weighted by molar-refractivity contribution is 7.89. The molecule has 0 spiro atoms. The first kappa shape index (κ1) is 25.8. The van der Waals surface area contributed by atoms with Gasteiger partial charge < -0.3 is 9.30 Å². The van der Waals surface area contributed by atoms with E-state index in [4.69, 9.17) is 4.74 Å². The lowest BCUT2D eigenvalue weighted by Gasteiger charge is -2.17. The number of amides is 1. The third-order valence-corrected chi connectivity index (χ3v) is 8.94. The maximum absolute atomic E-state index is 13.1. The van der Waals surface area contributed by atoms with Gasteiger partial charge in [-0.1, -0.05) is 54.7 Å². The average Bonchev–Trinajstić information content (AvgIpc) is 3.24. The predicted molar refractivity (Wildman–Crippen MR) is 143 cm³/mol. The lowest BCUT2D eigenvalue weighted by atomic mass is 10.2. The van der Waals surface area contributed by atoms with Crippen molar-refractivity contribution in [1.82, 2.24) is 8.87 Å². The number of fused-ring (bicyclic) bond motifs is 1. The van der Waals surface area contributed by atoms with Crippen LogP contribution in [0.4, 0.5) is 0 Å². The van der Waals surface area contributed by atoms with Crippen molar-refractivity contribution >= 4 is 37.5 Å². The molecule has 0 N–H and O–H groups in total. The number of benzene rings is 3. The molecule has 7 nitrogen and oxygen atoms in total. The van der Waals surface area contributed by atoms with Gasteiger partial charge in [0.05, 0.1) is 16.7 Å². The van der Waals surface area contributed by atoms with Crippen LogP contribution in [0.3, 0.4) is 0 Å². The number of thiazole rings is 1. The highest BCUT2D eigenvalue weighted by Crippen LogP contribution is 2.30. The Hall–Kier alpha value is -3.27. The summed E-state index contributed by atoms with van der Waals surface area (Å²) in [5.74, 6) is 0.313. The lowest BCUT2D eigenvalue weighted by Crippen LogP contribution is -2.26. The number of aryl methyl sites for hydroxylation is 2. The second-order valence-corrected chi connectivity index (χ2v) is 11.5. The van der Waals surface area contributed by atoms with Crippen LogP contribution in [0, 0.1) is 6.92 Å². The SMILES string of the molecule is CCCn1c(=NC(=O)c2ccc(S(=O)(=O)N(C)Cc3ccccc3)cc2)sc2c(C)ccc(OC)c21. The second-order valence-electron chi connectivity index (χ2n) is 8.49. The maximum atomic E-state index is 13.1. The van der Waals surface area contributed by atoms with E-state index in [2.05, 4.69) is 11.9 Å². The summed E-state index contributed by atoms with van der Waals surface area (Å²) < 4.78 is 36.0. The standard InChI is InChI=1S/C27H29N3O4S2/c1-5-17-30-24-23(34-4)16-11-19(2)25(24)35-27(30)28-26(31)21-12-14-22(15-13-21)36(32,33)29(3)18-20-9-7-6-8-10-20/h6-16H,5,17-18H2,1-4H3. The topological polar surface area (TPSA) is 81.0 Å². The van der Waals surface area contributed by atoms with Crippen LogP contribution in [0.1, 0.15) is 34.8 Å². The van der Waals surface area contributed by atoms with Crippen molar-refractivity contribution in [2.75, 3.05) is 14.2 Å². The summed E-state index contributed by atoms with van der Waals surface area (Å²) in [6, 6.07) is 19.3. The zero-order chi connectivity index (χ0) is 25.9. The van der Waals surface area contributed by atoms with Gasteiger partial charge in [-0.2, -0.15) is 9.30 Å². The van der Waals surface area contributed by atoms with Crippen LogP contribution >= 0.6 is 11.3 Å². The Morgan fingerprint density at radius 3 is 2.39 bits per heavy atom. The average molecular weight is 524 g/mol. The number of sulfonamides is 1. The van der Waals surface area contributed by atoms with E-state index in [1.54, 1.807) is 14.2 Å². The van der Waals surface area contributed by atoms with Crippen LogP contribution in [0.2, 0.25) is 0 Å². The molecule has 3 aromatic carbocycles. The predicted octanol–water partition coefficient (Wildman–Crippen LogP) is 4.99. The highest BCUT2D eigenvalue weighted by Gasteiger charge is 2.21. The van der Waals surface area contributed by atoms with Gasteiger partial charge >= 0.3 is 0 Å². The number of hydrogen-bond acceptors (Lipinski definition) is 5. The molecule has 0 unspecified atom stereocenters. The number of aromatic nitrogens is 1. The minimum Gasteiger partial charge on any atom is -0.495 e. The van der Waals surface area contributed by atoms with Crippen LogP contribution in [0.15, 0.2) is 76.6 Å². The van der Waals surface area contributed by atoms with Crippen molar-refractivity contribution in [2.45, 2.75) is 38.3 Å². The lowest BCUT2D eigenvalue weighted by molar-refractivity contribution is 0.0997. The molecule has 0 saturated heterocycles. The van der Waals surface area contributed by atoms with Crippen molar-refractivity contribution in [2.24, 2.45) is 4.99 Å². The first-order chi connectivity index (χ1) is 17.3. The van der Waals surface area contributed by atoms with Crippen molar-refractivity contribution in [1.29, 1.82) is 0 Å². The number of rotatable bonds is 8. The quantitative estimate of drug-likeness (QED) is 0.326. The second kappa shape index (κ2) is 10.8. The first-order valence-electron chi connectivity index (χ1n) is 11.6. The fourth-order valence-electron chi connectivity index (χ4n) is 3.99. The fraction of sp³-hybridized carbons (Fsp3) is 0.259. The Bertz CT molecular complexity index is 1550. The molecule has 4 aromatic rings. The molecule has 0 bridgehead atoms. The van der Waals surface area contributed by atoms with Gasteiger partial charge in [-0.25, -0.2) is 8.42 Å². The molecule has 36 heavy (non-hydrogen) atoms. The molecule has 0 saturated carbocycles. The normalized spacial score (nSPS) is 12.4. The Morgan fingerprint density at radius 1 is 1.06 bits per heavy atom. The monoisotopic (exact) mass is 523 g/mol. The molecule has 4 rings (SSSR count). The van der Waals surface area contributed by atoms with E-state index >= 15 is 0 Å². The Balaban J connectivity index is 1.65. The molecule has 1 amide bonds. The zero-order valence-electron chi connectivity index (χ0n) is 20.8. The van der Waals surface area contributed by atoms with Crippen molar-refractivity contribution in [3.8, 4) is 5.75 Å². The summed E-state index contributed by atoms with van der Waals surface area (Å²) >= 11 is 1.45. The molecule has 1 heterocycles. The van der Waals surface area contributed by atoms with Crippen molar-refractivity contribution in [3.05, 3.63) is 88.2 Å². The fourth-order valence-corrected chi connectivity index (χ4v) is 6.29. The van der Waals surface area contributed by atoms with Gasteiger partial charge in [0.1, 0.15) is 11.3 Å². The Kier molecular flexibility index (Phi) is 7.73. The van der Waals surface area contributed by atoms with Crippen LogP contribution in [0.5, 0.6) is 5.75 Å². The minimum atomic E-state index is -3.71. The highest BCUT2D eigenvalue weighted by atomic mass is 32.2. The Labute approximate surface area is 215 Å². The molecule has 0 fully saturated rings. The van der Waals surface area contributed by atoms with Crippen molar-refractivity contribution in [3.63, 3.8) is 0 Å². The number of methoxy groups -OCH3 is 1. The van der Waals surface area contributed by atoms with E-state index in [9.17, 15) is 13.2 Å². The van der Waals surface area contributed by atoms with E-state index in [0.717, 1.165) is 33.5 Å². The van der Waals surface area contributed by atoms with Gasteiger partial charge in [0.2, 0.25) is 10.0 Å². The molecule has 9 heteroatoms. The van der Waals surface area contributed by atoms with E-state index in [-0.39, 0.29) is 11.4 Å².